The number of aromatic nitrogens is 3. The van der Waals surface area contributed by atoms with Gasteiger partial charge < -0.3 is 14.6 Å². The summed E-state index contributed by atoms with van der Waals surface area (Å²) in [5.74, 6) is 2.46. The fraction of sp³-hybridized carbons (Fsp3) is 0.400. The van der Waals surface area contributed by atoms with Crippen molar-refractivity contribution in [3.05, 3.63) is 59.9 Å². The van der Waals surface area contributed by atoms with Crippen LogP contribution in [0.2, 0.25) is 0 Å². The molecule has 0 unspecified atom stereocenters. The molecule has 2 aromatic carbocycles. The van der Waals surface area contributed by atoms with Crippen molar-refractivity contribution in [2.75, 3.05) is 11.9 Å². The van der Waals surface area contributed by atoms with Gasteiger partial charge in [-0.2, -0.15) is 0 Å². The van der Waals surface area contributed by atoms with Gasteiger partial charge in [-0.15, -0.1) is 10.2 Å². The third-order valence-electron chi connectivity index (χ3n) is 5.63. The maximum atomic E-state index is 12.3. The molecule has 1 amide bonds. The van der Waals surface area contributed by atoms with E-state index in [0.717, 1.165) is 42.3 Å². The Balaban J connectivity index is 1.34. The molecule has 0 fully saturated rings. The molecule has 3 aromatic rings. The molecular formula is C25H30N4O2. The summed E-state index contributed by atoms with van der Waals surface area (Å²) in [7, 11) is 0. The molecule has 162 valence electrons. The van der Waals surface area contributed by atoms with Crippen LogP contribution in [0.3, 0.4) is 0 Å². The molecule has 1 aliphatic heterocycles. The van der Waals surface area contributed by atoms with E-state index in [-0.39, 0.29) is 17.9 Å². The SMILES string of the molecule is CC(C)(C)c1ccc(OCC(=O)Nc2ccc(-c3nnc4n3CCCCC4)cc2)cc1. The first-order valence-electron chi connectivity index (χ1n) is 11.0. The largest absolute Gasteiger partial charge is 0.484 e. The quantitative estimate of drug-likeness (QED) is 0.634. The van der Waals surface area contributed by atoms with Gasteiger partial charge in [-0.3, -0.25) is 4.79 Å². The highest BCUT2D eigenvalue weighted by Crippen LogP contribution is 2.25. The fourth-order valence-electron chi connectivity index (χ4n) is 3.80. The Morgan fingerprint density at radius 3 is 2.45 bits per heavy atom. The third-order valence-corrected chi connectivity index (χ3v) is 5.63. The van der Waals surface area contributed by atoms with E-state index in [0.29, 0.717) is 5.75 Å². The molecule has 0 spiro atoms. The minimum Gasteiger partial charge on any atom is -0.484 e. The van der Waals surface area contributed by atoms with Crippen molar-refractivity contribution in [3.8, 4) is 17.1 Å². The zero-order chi connectivity index (χ0) is 21.8. The Morgan fingerprint density at radius 2 is 1.74 bits per heavy atom. The number of carbonyl (C=O) groups excluding carboxylic acids is 1. The van der Waals surface area contributed by atoms with Crippen LogP contribution >= 0.6 is 0 Å². The average molecular weight is 419 g/mol. The minimum atomic E-state index is -0.191. The molecule has 0 aliphatic carbocycles. The van der Waals surface area contributed by atoms with Crippen LogP contribution in [-0.4, -0.2) is 27.3 Å². The van der Waals surface area contributed by atoms with Crippen LogP contribution < -0.4 is 10.1 Å². The van der Waals surface area contributed by atoms with E-state index < -0.39 is 0 Å². The van der Waals surface area contributed by atoms with Crippen LogP contribution in [0.5, 0.6) is 5.75 Å². The van der Waals surface area contributed by atoms with Crippen molar-refractivity contribution in [2.45, 2.75) is 58.4 Å². The summed E-state index contributed by atoms with van der Waals surface area (Å²) in [5, 5.41) is 11.6. The highest BCUT2D eigenvalue weighted by molar-refractivity contribution is 5.92. The van der Waals surface area contributed by atoms with Gasteiger partial charge >= 0.3 is 0 Å². The third kappa shape index (κ3) is 5.13. The van der Waals surface area contributed by atoms with E-state index in [1.165, 1.54) is 18.4 Å². The van der Waals surface area contributed by atoms with E-state index >= 15 is 0 Å². The molecule has 0 bridgehead atoms. The predicted octanol–water partition coefficient (Wildman–Crippen LogP) is 4.99. The van der Waals surface area contributed by atoms with Crippen LogP contribution in [0.15, 0.2) is 48.5 Å². The first-order valence-corrected chi connectivity index (χ1v) is 11.0. The number of fused-ring (bicyclic) bond motifs is 1. The maximum absolute atomic E-state index is 12.3. The van der Waals surface area contributed by atoms with E-state index in [9.17, 15) is 4.79 Å². The van der Waals surface area contributed by atoms with Crippen molar-refractivity contribution in [3.63, 3.8) is 0 Å². The van der Waals surface area contributed by atoms with Crippen molar-refractivity contribution >= 4 is 11.6 Å². The number of aryl methyl sites for hydroxylation is 1. The Morgan fingerprint density at radius 1 is 1.00 bits per heavy atom. The molecule has 0 saturated carbocycles. The molecule has 31 heavy (non-hydrogen) atoms. The monoisotopic (exact) mass is 418 g/mol. The normalized spacial score (nSPS) is 13.9. The summed E-state index contributed by atoms with van der Waals surface area (Å²) in [6, 6.07) is 15.6. The summed E-state index contributed by atoms with van der Waals surface area (Å²) in [4.78, 5) is 12.3. The summed E-state index contributed by atoms with van der Waals surface area (Å²) >= 11 is 0. The fourth-order valence-corrected chi connectivity index (χ4v) is 3.80. The van der Waals surface area contributed by atoms with E-state index in [1.807, 2.05) is 48.5 Å². The average Bonchev–Trinajstić information content (AvgIpc) is 3.00. The topological polar surface area (TPSA) is 69.0 Å². The van der Waals surface area contributed by atoms with Gasteiger partial charge in [0.05, 0.1) is 0 Å². The molecule has 6 nitrogen and oxygen atoms in total. The second kappa shape index (κ2) is 8.92. The number of nitrogens with one attached hydrogen (secondary N) is 1. The second-order valence-corrected chi connectivity index (χ2v) is 9.09. The Bertz CT molecular complexity index is 1030. The summed E-state index contributed by atoms with van der Waals surface area (Å²) in [5.41, 5.74) is 3.06. The molecule has 1 N–H and O–H groups in total. The van der Waals surface area contributed by atoms with Crippen LogP contribution in [0.4, 0.5) is 5.69 Å². The van der Waals surface area contributed by atoms with E-state index in [1.54, 1.807) is 0 Å². The summed E-state index contributed by atoms with van der Waals surface area (Å²) < 4.78 is 7.85. The van der Waals surface area contributed by atoms with Crippen LogP contribution in [0, 0.1) is 0 Å². The second-order valence-electron chi connectivity index (χ2n) is 9.09. The van der Waals surface area contributed by atoms with Crippen molar-refractivity contribution < 1.29 is 9.53 Å². The number of carbonyl (C=O) groups is 1. The van der Waals surface area contributed by atoms with Crippen molar-refractivity contribution in [2.24, 2.45) is 0 Å². The first-order chi connectivity index (χ1) is 14.9. The molecule has 6 heteroatoms. The zero-order valence-corrected chi connectivity index (χ0v) is 18.5. The Kier molecular flexibility index (Phi) is 6.07. The zero-order valence-electron chi connectivity index (χ0n) is 18.5. The van der Waals surface area contributed by atoms with E-state index in [2.05, 4.69) is 40.9 Å². The number of rotatable bonds is 5. The Hall–Kier alpha value is -3.15. The van der Waals surface area contributed by atoms with Crippen LogP contribution in [0.1, 0.15) is 51.4 Å². The highest BCUT2D eigenvalue weighted by Gasteiger charge is 2.16. The lowest BCUT2D eigenvalue weighted by molar-refractivity contribution is -0.118. The Labute approximate surface area is 183 Å². The number of anilines is 1. The number of amides is 1. The molecule has 0 saturated heterocycles. The number of nitrogens with zero attached hydrogens (tertiary/aromatic N) is 3. The van der Waals surface area contributed by atoms with Gasteiger partial charge in [0.15, 0.2) is 12.4 Å². The van der Waals surface area contributed by atoms with Gasteiger partial charge in [0.1, 0.15) is 11.6 Å². The molecule has 0 atom stereocenters. The lowest BCUT2D eigenvalue weighted by Gasteiger charge is -2.19. The van der Waals surface area contributed by atoms with Gasteiger partial charge in [0.2, 0.25) is 0 Å². The van der Waals surface area contributed by atoms with Crippen molar-refractivity contribution in [1.29, 1.82) is 0 Å². The van der Waals surface area contributed by atoms with Crippen LogP contribution in [-0.2, 0) is 23.2 Å². The molecule has 2 heterocycles. The standard InChI is InChI=1S/C25H30N4O2/c1-25(2,3)19-10-14-21(15-11-19)31-17-23(30)26-20-12-8-18(9-13-20)24-28-27-22-7-5-4-6-16-29(22)24/h8-15H,4-7,16-17H2,1-3H3,(H,26,30). The summed E-state index contributed by atoms with van der Waals surface area (Å²) in [6.07, 6.45) is 4.55. The van der Waals surface area contributed by atoms with Gasteiger partial charge in [0, 0.05) is 24.2 Å². The molecule has 0 radical (unpaired) electrons. The highest BCUT2D eigenvalue weighted by atomic mass is 16.5. The van der Waals surface area contributed by atoms with Gasteiger partial charge in [0.25, 0.3) is 5.91 Å². The van der Waals surface area contributed by atoms with Crippen LogP contribution in [0.25, 0.3) is 11.4 Å². The number of hydrogen-bond acceptors (Lipinski definition) is 4. The van der Waals surface area contributed by atoms with Gasteiger partial charge in [-0.1, -0.05) is 39.3 Å². The number of ether oxygens (including phenoxy) is 1. The maximum Gasteiger partial charge on any atom is 0.262 e. The first kappa shape index (κ1) is 21.1. The lowest BCUT2D eigenvalue weighted by atomic mass is 9.87. The number of hydrogen-bond donors (Lipinski definition) is 1. The molecule has 4 rings (SSSR count). The number of benzene rings is 2. The molecule has 1 aromatic heterocycles. The molecule has 1 aliphatic rings. The van der Waals surface area contributed by atoms with E-state index in [4.69, 9.17) is 4.74 Å². The van der Waals surface area contributed by atoms with Gasteiger partial charge in [-0.25, -0.2) is 0 Å². The van der Waals surface area contributed by atoms with Crippen molar-refractivity contribution in [1.82, 2.24) is 14.8 Å². The smallest absolute Gasteiger partial charge is 0.262 e. The predicted molar refractivity (Wildman–Crippen MR) is 122 cm³/mol. The lowest BCUT2D eigenvalue weighted by Crippen LogP contribution is -2.20. The summed E-state index contributed by atoms with van der Waals surface area (Å²) in [6.45, 7) is 7.43. The molecular weight excluding hydrogens is 388 g/mol. The minimum absolute atomic E-state index is 0.0334. The van der Waals surface area contributed by atoms with Gasteiger partial charge in [-0.05, 0) is 60.2 Å².